The Bertz CT molecular complexity index is 642. The number of anilines is 1. The van der Waals surface area contributed by atoms with E-state index in [9.17, 15) is 4.79 Å². The summed E-state index contributed by atoms with van der Waals surface area (Å²) >= 11 is 0. The van der Waals surface area contributed by atoms with Crippen LogP contribution >= 0.6 is 0 Å². The maximum Gasteiger partial charge on any atom is 0.244 e. The minimum atomic E-state index is -0.334. The van der Waals surface area contributed by atoms with E-state index in [0.29, 0.717) is 12.4 Å². The van der Waals surface area contributed by atoms with E-state index in [0.717, 1.165) is 16.5 Å². The number of benzene rings is 1. The van der Waals surface area contributed by atoms with Gasteiger partial charge in [-0.1, -0.05) is 6.07 Å². The lowest BCUT2D eigenvalue weighted by atomic mass is 10.1. The van der Waals surface area contributed by atoms with Gasteiger partial charge in [0.25, 0.3) is 0 Å². The number of carbonyl (C=O) groups excluding carboxylic acids is 1. The lowest BCUT2D eigenvalue weighted by Crippen LogP contribution is -2.39. The summed E-state index contributed by atoms with van der Waals surface area (Å²) in [5.41, 5.74) is 0. The van der Waals surface area contributed by atoms with E-state index in [1.165, 1.54) is 0 Å². The minimum absolute atomic E-state index is 0.0409. The van der Waals surface area contributed by atoms with Gasteiger partial charge < -0.3 is 15.0 Å². The number of ether oxygens (including phenoxy) is 1. The van der Waals surface area contributed by atoms with Crippen LogP contribution in [-0.2, 0) is 4.79 Å². The van der Waals surface area contributed by atoms with Gasteiger partial charge in [0.15, 0.2) is 0 Å². The zero-order valence-corrected chi connectivity index (χ0v) is 12.9. The van der Waals surface area contributed by atoms with Gasteiger partial charge in [0.2, 0.25) is 5.91 Å². The number of nitrogens with one attached hydrogen (secondary N) is 1. The Morgan fingerprint density at radius 3 is 2.86 bits per heavy atom. The third kappa shape index (κ3) is 3.24. The number of likely N-dealkylation sites (N-methyl/N-ethyl adjacent to an activating group) is 1. The second kappa shape index (κ2) is 6.43. The molecule has 0 fully saturated rings. The number of aromatic nitrogens is 1. The first kappa shape index (κ1) is 15.1. The van der Waals surface area contributed by atoms with Crippen LogP contribution in [0.2, 0.25) is 0 Å². The summed E-state index contributed by atoms with van der Waals surface area (Å²) in [4.78, 5) is 18.2. The smallest absolute Gasteiger partial charge is 0.244 e. The van der Waals surface area contributed by atoms with Crippen molar-refractivity contribution in [1.29, 1.82) is 0 Å². The fourth-order valence-electron chi connectivity index (χ4n) is 2.14. The summed E-state index contributed by atoms with van der Waals surface area (Å²) in [6.07, 6.45) is 1.73. The Morgan fingerprint density at radius 1 is 1.43 bits per heavy atom. The number of fused-ring (bicyclic) bond motifs is 1. The monoisotopic (exact) mass is 287 g/mol. The van der Waals surface area contributed by atoms with Crippen LogP contribution in [0, 0.1) is 0 Å². The average Bonchev–Trinajstić information content (AvgIpc) is 2.53. The number of methoxy groups -OCH3 is 1. The van der Waals surface area contributed by atoms with Crippen LogP contribution in [0.4, 0.5) is 5.82 Å². The molecule has 21 heavy (non-hydrogen) atoms. The van der Waals surface area contributed by atoms with Gasteiger partial charge in [-0.05, 0) is 37.4 Å². The molecular weight excluding hydrogens is 266 g/mol. The van der Waals surface area contributed by atoms with Gasteiger partial charge in [0.05, 0.1) is 7.11 Å². The first-order valence-electron chi connectivity index (χ1n) is 7.01. The zero-order chi connectivity index (χ0) is 15.4. The quantitative estimate of drug-likeness (QED) is 0.918. The summed E-state index contributed by atoms with van der Waals surface area (Å²) in [5, 5.41) is 5.19. The molecule has 1 amide bonds. The Morgan fingerprint density at radius 2 is 2.19 bits per heavy atom. The van der Waals surface area contributed by atoms with Crippen molar-refractivity contribution < 1.29 is 9.53 Å². The van der Waals surface area contributed by atoms with Gasteiger partial charge in [0, 0.05) is 25.2 Å². The Balaban J connectivity index is 2.31. The summed E-state index contributed by atoms with van der Waals surface area (Å²) in [5.74, 6) is 1.50. The third-order valence-corrected chi connectivity index (χ3v) is 3.55. The highest BCUT2D eigenvalue weighted by Crippen LogP contribution is 2.26. The van der Waals surface area contributed by atoms with Crippen molar-refractivity contribution in [2.45, 2.75) is 19.9 Å². The van der Waals surface area contributed by atoms with Crippen LogP contribution in [0.5, 0.6) is 5.75 Å². The summed E-state index contributed by atoms with van der Waals surface area (Å²) in [6.45, 7) is 4.47. The van der Waals surface area contributed by atoms with Crippen LogP contribution in [-0.4, -0.2) is 42.5 Å². The van der Waals surface area contributed by atoms with Crippen molar-refractivity contribution in [2.75, 3.05) is 26.0 Å². The molecule has 1 unspecified atom stereocenters. The fourth-order valence-corrected chi connectivity index (χ4v) is 2.14. The van der Waals surface area contributed by atoms with Gasteiger partial charge in [-0.2, -0.15) is 0 Å². The van der Waals surface area contributed by atoms with Crippen molar-refractivity contribution in [1.82, 2.24) is 9.88 Å². The normalized spacial score (nSPS) is 12.0. The van der Waals surface area contributed by atoms with E-state index in [4.69, 9.17) is 4.74 Å². The Labute approximate surface area is 124 Å². The predicted octanol–water partition coefficient (Wildman–Crippen LogP) is 2.52. The van der Waals surface area contributed by atoms with E-state index in [-0.39, 0.29) is 11.9 Å². The molecule has 1 N–H and O–H groups in total. The highest BCUT2D eigenvalue weighted by molar-refractivity contribution is 5.94. The van der Waals surface area contributed by atoms with E-state index in [1.54, 1.807) is 25.3 Å². The first-order valence-corrected chi connectivity index (χ1v) is 7.01. The maximum atomic E-state index is 12.1. The second-order valence-corrected chi connectivity index (χ2v) is 4.97. The molecule has 0 saturated heterocycles. The van der Waals surface area contributed by atoms with E-state index < -0.39 is 0 Å². The third-order valence-electron chi connectivity index (χ3n) is 3.55. The number of nitrogens with zero attached hydrogens (tertiary/aromatic N) is 2. The van der Waals surface area contributed by atoms with Gasteiger partial charge >= 0.3 is 0 Å². The number of hydrogen-bond acceptors (Lipinski definition) is 4. The number of pyridine rings is 1. The molecule has 0 radical (unpaired) electrons. The van der Waals surface area contributed by atoms with Crippen LogP contribution in [0.15, 0.2) is 30.5 Å². The fraction of sp³-hybridized carbons (Fsp3) is 0.375. The molecule has 112 valence electrons. The molecule has 0 aliphatic carbocycles. The zero-order valence-electron chi connectivity index (χ0n) is 12.9. The average molecular weight is 287 g/mol. The maximum absolute atomic E-state index is 12.1. The van der Waals surface area contributed by atoms with Crippen molar-refractivity contribution >= 4 is 22.5 Å². The SMILES string of the molecule is CCN(C)C(=O)C(C)Nc1nccc2ccc(OC)cc12. The second-order valence-electron chi connectivity index (χ2n) is 4.97. The largest absolute Gasteiger partial charge is 0.497 e. The summed E-state index contributed by atoms with van der Waals surface area (Å²) < 4.78 is 5.25. The molecule has 1 atom stereocenters. The molecule has 2 aromatic rings. The molecule has 0 aliphatic rings. The van der Waals surface area contributed by atoms with Crippen LogP contribution in [0.1, 0.15) is 13.8 Å². The highest BCUT2D eigenvalue weighted by atomic mass is 16.5. The van der Waals surface area contributed by atoms with E-state index in [2.05, 4.69) is 10.3 Å². The van der Waals surface area contributed by atoms with Gasteiger partial charge in [-0.3, -0.25) is 4.79 Å². The summed E-state index contributed by atoms with van der Waals surface area (Å²) in [7, 11) is 3.42. The molecule has 0 saturated carbocycles. The van der Waals surface area contributed by atoms with Crippen LogP contribution in [0.3, 0.4) is 0 Å². The van der Waals surface area contributed by atoms with Crippen molar-refractivity contribution in [2.24, 2.45) is 0 Å². The summed E-state index contributed by atoms with van der Waals surface area (Å²) in [6, 6.07) is 7.41. The van der Waals surface area contributed by atoms with Crippen molar-refractivity contribution in [3.63, 3.8) is 0 Å². The Hall–Kier alpha value is -2.30. The van der Waals surface area contributed by atoms with Crippen molar-refractivity contribution in [3.05, 3.63) is 30.5 Å². The topological polar surface area (TPSA) is 54.5 Å². The lowest BCUT2D eigenvalue weighted by molar-refractivity contribution is -0.130. The molecule has 1 aromatic heterocycles. The number of hydrogen-bond donors (Lipinski definition) is 1. The minimum Gasteiger partial charge on any atom is -0.497 e. The molecule has 5 heteroatoms. The molecule has 1 heterocycles. The predicted molar refractivity (Wildman–Crippen MR) is 84.7 cm³/mol. The van der Waals surface area contributed by atoms with Crippen LogP contribution in [0.25, 0.3) is 10.8 Å². The molecule has 0 aliphatic heterocycles. The standard InChI is InChI=1S/C16H21N3O2/c1-5-19(3)16(20)11(2)18-15-14-10-13(21-4)7-6-12(14)8-9-17-15/h6-11H,5H2,1-4H3,(H,17,18). The van der Waals surface area contributed by atoms with E-state index in [1.807, 2.05) is 38.1 Å². The molecule has 1 aromatic carbocycles. The van der Waals surface area contributed by atoms with Crippen LogP contribution < -0.4 is 10.1 Å². The number of amides is 1. The molecule has 0 bridgehead atoms. The van der Waals surface area contributed by atoms with Crippen molar-refractivity contribution in [3.8, 4) is 5.75 Å². The number of rotatable bonds is 5. The molecule has 5 nitrogen and oxygen atoms in total. The number of carbonyl (C=O) groups is 1. The molecule has 0 spiro atoms. The highest BCUT2D eigenvalue weighted by Gasteiger charge is 2.17. The van der Waals surface area contributed by atoms with Gasteiger partial charge in [0.1, 0.15) is 17.6 Å². The van der Waals surface area contributed by atoms with Gasteiger partial charge in [-0.15, -0.1) is 0 Å². The van der Waals surface area contributed by atoms with Gasteiger partial charge in [-0.25, -0.2) is 4.98 Å². The first-order chi connectivity index (χ1) is 10.1. The lowest BCUT2D eigenvalue weighted by Gasteiger charge is -2.21. The Kier molecular flexibility index (Phi) is 4.62. The molecule has 2 rings (SSSR count). The molecular formula is C16H21N3O2. The van der Waals surface area contributed by atoms with E-state index >= 15 is 0 Å².